The van der Waals surface area contributed by atoms with Crippen LogP contribution in [0.4, 0.5) is 0 Å². The highest BCUT2D eigenvalue weighted by Gasteiger charge is 2.21. The summed E-state index contributed by atoms with van der Waals surface area (Å²) in [4.78, 5) is 21.7. The maximum atomic E-state index is 11.3. The second kappa shape index (κ2) is 6.48. The number of aliphatic carboxylic acids is 1. The minimum absolute atomic E-state index is 0.296. The molecule has 0 spiro atoms. The van der Waals surface area contributed by atoms with Crippen LogP contribution in [0.2, 0.25) is 0 Å². The van der Waals surface area contributed by atoms with E-state index in [0.717, 1.165) is 0 Å². The fraction of sp³-hybridized carbons (Fsp3) is 0.750. The number of carbonyl (C=O) groups excluding carboxylic acids is 1. The molecule has 0 heterocycles. The highest BCUT2D eigenvalue weighted by molar-refractivity contribution is 7.43. The van der Waals surface area contributed by atoms with Gasteiger partial charge in [0.05, 0.1) is 6.04 Å². The zero-order valence-electron chi connectivity index (χ0n) is 8.77. The Morgan fingerprint density at radius 2 is 2.07 bits per heavy atom. The van der Waals surface area contributed by atoms with Crippen molar-refractivity contribution in [3.63, 3.8) is 0 Å². The van der Waals surface area contributed by atoms with Crippen molar-refractivity contribution >= 4 is 19.7 Å². The Labute approximate surface area is 89.0 Å². The number of nitrogens with two attached hydrogens (primary N) is 1. The first-order chi connectivity index (χ1) is 6.84. The van der Waals surface area contributed by atoms with Gasteiger partial charge in [-0.15, -0.1) is 0 Å². The maximum absolute atomic E-state index is 11.3. The van der Waals surface area contributed by atoms with Crippen LogP contribution in [0.25, 0.3) is 0 Å². The molecule has 0 aromatic carbocycles. The molecule has 0 bridgehead atoms. The first-order valence-electron chi connectivity index (χ1n) is 4.51. The van der Waals surface area contributed by atoms with E-state index >= 15 is 0 Å². The topological polar surface area (TPSA) is 109 Å². The first-order valence-corrected chi connectivity index (χ1v) is 6.40. The van der Waals surface area contributed by atoms with Crippen LogP contribution in [-0.4, -0.2) is 41.9 Å². The highest BCUT2D eigenvalue weighted by Crippen LogP contribution is 2.15. The second-order valence-corrected chi connectivity index (χ2v) is 5.02. The lowest BCUT2D eigenvalue weighted by molar-refractivity contribution is -0.141. The van der Waals surface area contributed by atoms with Crippen LogP contribution in [0.3, 0.4) is 0 Å². The Kier molecular flexibility index (Phi) is 6.05. The number of carboxylic acids is 1. The van der Waals surface area contributed by atoms with Crippen molar-refractivity contribution in [2.75, 3.05) is 12.8 Å². The van der Waals surface area contributed by atoms with Crippen molar-refractivity contribution in [3.8, 4) is 0 Å². The van der Waals surface area contributed by atoms with Crippen molar-refractivity contribution < 1.29 is 19.3 Å². The van der Waals surface area contributed by atoms with Crippen LogP contribution in [0.5, 0.6) is 0 Å². The van der Waals surface area contributed by atoms with E-state index in [2.05, 4.69) is 5.32 Å². The maximum Gasteiger partial charge on any atom is 0.335 e. The van der Waals surface area contributed by atoms with Crippen LogP contribution in [0, 0.1) is 0 Å². The number of nitrogens with one attached hydrogen (secondary N) is 1. The summed E-state index contributed by atoms with van der Waals surface area (Å²) in [7, 11) is -1.32. The molecule has 0 aromatic rings. The van der Waals surface area contributed by atoms with Gasteiger partial charge in [-0.2, -0.15) is 0 Å². The molecule has 0 radical (unpaired) electrons. The minimum atomic E-state index is -1.32. The van der Waals surface area contributed by atoms with E-state index in [1.54, 1.807) is 6.66 Å². The predicted molar refractivity (Wildman–Crippen MR) is 56.2 cm³/mol. The van der Waals surface area contributed by atoms with Crippen LogP contribution < -0.4 is 11.1 Å². The van der Waals surface area contributed by atoms with Crippen molar-refractivity contribution in [2.24, 2.45) is 5.73 Å². The molecule has 3 atom stereocenters. The summed E-state index contributed by atoms with van der Waals surface area (Å²) in [6.45, 7) is 2.91. The lowest BCUT2D eigenvalue weighted by Crippen LogP contribution is -2.47. The monoisotopic (exact) mass is 235 g/mol. The molecule has 3 unspecified atom stereocenters. The molecule has 4 N–H and O–H groups in total. The number of hydrogen-bond donors (Lipinski definition) is 3. The summed E-state index contributed by atoms with van der Waals surface area (Å²) >= 11 is 0. The molecule has 0 rings (SSSR count). The number of rotatable bonds is 6. The van der Waals surface area contributed by atoms with Crippen LogP contribution in [0.15, 0.2) is 0 Å². The van der Waals surface area contributed by atoms with Crippen molar-refractivity contribution in [3.05, 3.63) is 0 Å². The average molecular weight is 235 g/mol. The fourth-order valence-corrected chi connectivity index (χ4v) is 1.48. The zero-order valence-corrected chi connectivity index (χ0v) is 9.66. The smallest absolute Gasteiger partial charge is 0.335 e. The van der Waals surface area contributed by atoms with E-state index in [-0.39, 0.29) is 0 Å². The molecule has 0 aliphatic carbocycles. The fourth-order valence-electron chi connectivity index (χ4n) is 0.834. The van der Waals surface area contributed by atoms with Gasteiger partial charge in [0.25, 0.3) is 0 Å². The third-order valence-electron chi connectivity index (χ3n) is 1.82. The van der Waals surface area contributed by atoms with Gasteiger partial charge < -0.3 is 16.2 Å². The van der Waals surface area contributed by atoms with Gasteiger partial charge in [0.1, 0.15) is 18.9 Å². The Morgan fingerprint density at radius 1 is 1.53 bits per heavy atom. The molecule has 0 saturated heterocycles. The van der Waals surface area contributed by atoms with Crippen molar-refractivity contribution in [2.45, 2.75) is 25.4 Å². The average Bonchev–Trinajstić information content (AvgIpc) is 2.13. The lowest BCUT2D eigenvalue weighted by atomic mass is 10.2. The molecule has 0 aliphatic heterocycles. The van der Waals surface area contributed by atoms with Crippen molar-refractivity contribution in [1.29, 1.82) is 0 Å². The number of amides is 1. The standard InChI is InChI=1S/C8H15N2O4P/c1-5(8(12)13)10-7(11)6(9)3-4-15(2)14/h5-6H,3-4,9H2,1-2H3,(H-,10,11,12,13)/p+1. The second-order valence-electron chi connectivity index (χ2n) is 3.32. The van der Waals surface area contributed by atoms with Gasteiger partial charge >= 0.3 is 13.8 Å². The summed E-state index contributed by atoms with van der Waals surface area (Å²) in [5.74, 6) is -1.64. The highest BCUT2D eigenvalue weighted by atomic mass is 31.1. The van der Waals surface area contributed by atoms with E-state index in [9.17, 15) is 14.2 Å². The summed E-state index contributed by atoms with van der Waals surface area (Å²) in [6, 6.07) is -1.76. The zero-order chi connectivity index (χ0) is 12.0. The third kappa shape index (κ3) is 6.14. The van der Waals surface area contributed by atoms with Gasteiger partial charge in [-0.05, 0) is 6.92 Å². The number of hydrogen-bond acceptors (Lipinski definition) is 4. The van der Waals surface area contributed by atoms with E-state index in [0.29, 0.717) is 12.6 Å². The predicted octanol–water partition coefficient (Wildman–Crippen LogP) is -0.250. The van der Waals surface area contributed by atoms with E-state index in [4.69, 9.17) is 10.8 Å². The van der Waals surface area contributed by atoms with Crippen molar-refractivity contribution in [1.82, 2.24) is 5.32 Å². The van der Waals surface area contributed by atoms with E-state index < -0.39 is 31.8 Å². The Balaban J connectivity index is 3.99. The van der Waals surface area contributed by atoms with Crippen LogP contribution in [-0.2, 0) is 14.2 Å². The van der Waals surface area contributed by atoms with Gasteiger partial charge in [0, 0.05) is 6.42 Å². The van der Waals surface area contributed by atoms with Gasteiger partial charge in [-0.3, -0.25) is 9.59 Å². The quantitative estimate of drug-likeness (QED) is 0.550. The lowest BCUT2D eigenvalue weighted by Gasteiger charge is -2.12. The van der Waals surface area contributed by atoms with Gasteiger partial charge in [-0.25, -0.2) is 0 Å². The molecule has 1 amide bonds. The van der Waals surface area contributed by atoms with Gasteiger partial charge in [0.2, 0.25) is 5.91 Å². The third-order valence-corrected chi connectivity index (χ3v) is 2.71. The Morgan fingerprint density at radius 3 is 2.47 bits per heavy atom. The Hall–Kier alpha value is -1.00. The molecule has 0 fully saturated rings. The first kappa shape index (κ1) is 14.0. The van der Waals surface area contributed by atoms with Gasteiger partial charge in [-0.1, -0.05) is 4.57 Å². The van der Waals surface area contributed by atoms with E-state index in [1.807, 2.05) is 0 Å². The van der Waals surface area contributed by atoms with Gasteiger partial charge in [0.15, 0.2) is 0 Å². The molecule has 6 nitrogen and oxygen atoms in total. The summed E-state index contributed by atoms with van der Waals surface area (Å²) in [5, 5.41) is 10.8. The summed E-state index contributed by atoms with van der Waals surface area (Å²) < 4.78 is 10.8. The number of carbonyl (C=O) groups is 2. The molecule has 0 aromatic heterocycles. The number of carboxylic acid groups (broad SMARTS) is 1. The molecular formula is C8H16N2O4P+. The molecule has 0 saturated carbocycles. The van der Waals surface area contributed by atoms with Crippen LogP contribution in [0.1, 0.15) is 13.3 Å². The molecular weight excluding hydrogens is 219 g/mol. The van der Waals surface area contributed by atoms with Crippen LogP contribution >= 0.6 is 7.80 Å². The van der Waals surface area contributed by atoms with E-state index in [1.165, 1.54) is 6.92 Å². The Bertz CT molecular complexity index is 269. The normalized spacial score (nSPS) is 15.3. The minimum Gasteiger partial charge on any atom is -0.480 e. The SMILES string of the molecule is CC(NC(=O)C(N)CC[P+](C)=O)C(=O)O. The molecule has 7 heteroatoms. The molecule has 0 aliphatic rings. The molecule has 86 valence electrons. The molecule has 15 heavy (non-hydrogen) atoms. The largest absolute Gasteiger partial charge is 0.480 e. The summed E-state index contributed by atoms with van der Waals surface area (Å²) in [5.41, 5.74) is 5.48. The summed E-state index contributed by atoms with van der Waals surface area (Å²) in [6.07, 6.45) is 0.662.